The van der Waals surface area contributed by atoms with Crippen molar-refractivity contribution < 1.29 is 15.0 Å². The second-order valence-corrected chi connectivity index (χ2v) is 16.8. The van der Waals surface area contributed by atoms with Crippen LogP contribution in [0, 0.1) is 11.8 Å². The molecule has 2 saturated carbocycles. The number of benzene rings is 5. The number of carbonyl (C=O) groups excluding carboxylic acids is 1. The molecule has 1 saturated heterocycles. The molecule has 1 atom stereocenters. The Morgan fingerprint density at radius 2 is 1.33 bits per heavy atom. The Kier molecular flexibility index (Phi) is 7.70. The minimum atomic E-state index is -0.211. The molecule has 3 aliphatic carbocycles. The lowest BCUT2D eigenvalue weighted by Crippen LogP contribution is -2.26. The molecule has 2 heterocycles. The molecule has 1 aliphatic heterocycles. The van der Waals surface area contributed by atoms with E-state index in [0.717, 1.165) is 123 Å². The molecular formula is C46H50N2O4. The van der Waals surface area contributed by atoms with Crippen LogP contribution in [0.3, 0.4) is 0 Å². The molecule has 2 N–H and O–H groups in total. The molecule has 3 fully saturated rings. The fraction of sp³-hybridized carbons (Fsp3) is 0.478. The van der Waals surface area contributed by atoms with Crippen LogP contribution >= 0.6 is 0 Å². The summed E-state index contributed by atoms with van der Waals surface area (Å²) in [7, 11) is 0. The predicted octanol–water partition coefficient (Wildman–Crippen LogP) is 10.4. The molecule has 52 heavy (non-hydrogen) atoms. The van der Waals surface area contributed by atoms with Crippen molar-refractivity contribution in [1.29, 1.82) is 0 Å². The molecule has 6 heteroatoms. The highest BCUT2D eigenvalue weighted by Crippen LogP contribution is 2.50. The molecule has 0 radical (unpaired) electrons. The van der Waals surface area contributed by atoms with E-state index in [0.29, 0.717) is 29.9 Å². The third-order valence-electron chi connectivity index (χ3n) is 13.8. The highest BCUT2D eigenvalue weighted by molar-refractivity contribution is 6.40. The van der Waals surface area contributed by atoms with Crippen LogP contribution < -0.4 is 15.7 Å². The zero-order valence-electron chi connectivity index (χ0n) is 30.5. The lowest BCUT2D eigenvalue weighted by molar-refractivity contribution is 0.0967. The van der Waals surface area contributed by atoms with Crippen molar-refractivity contribution in [1.82, 2.24) is 4.57 Å². The molecule has 1 aromatic heterocycles. The standard InChI is InChI=1S/C46H50N2O4/c1-2-27-24-37(49)34-25-36(47-20-10-11-21-47)41-31-17-19-33-40-35(46(52)48(45(33)51)29-14-8-5-9-15-29)23-28(22-26-12-6-3-4-7-13-26)38(42(31)40)30-16-18-32(44(27)50)39(34)43(30)41/h16-19,23,25-27,29,50,52H,2-15,20-22,24H2,1H3. The van der Waals surface area contributed by atoms with E-state index in [1.807, 2.05) is 6.07 Å². The number of aliphatic hydroxyl groups excluding tert-OH is 1. The number of aromatic nitrogens is 1. The van der Waals surface area contributed by atoms with Gasteiger partial charge in [0.05, 0.1) is 0 Å². The number of anilines is 1. The van der Waals surface area contributed by atoms with Gasteiger partial charge in [-0.25, -0.2) is 0 Å². The van der Waals surface area contributed by atoms with Crippen molar-refractivity contribution in [3.05, 3.63) is 63.1 Å². The van der Waals surface area contributed by atoms with Crippen molar-refractivity contribution >= 4 is 71.1 Å². The van der Waals surface area contributed by atoms with Gasteiger partial charge in [0.1, 0.15) is 5.76 Å². The Balaban J connectivity index is 1.41. The summed E-state index contributed by atoms with van der Waals surface area (Å²) in [5, 5.41) is 34.6. The van der Waals surface area contributed by atoms with Crippen molar-refractivity contribution in [2.24, 2.45) is 11.8 Å². The van der Waals surface area contributed by atoms with Gasteiger partial charge in [-0.05, 0) is 89.8 Å². The van der Waals surface area contributed by atoms with Crippen molar-refractivity contribution in [2.75, 3.05) is 18.0 Å². The quantitative estimate of drug-likeness (QED) is 0.107. The van der Waals surface area contributed by atoms with Gasteiger partial charge >= 0.3 is 0 Å². The van der Waals surface area contributed by atoms with Crippen LogP contribution in [0.5, 0.6) is 5.88 Å². The molecule has 0 spiro atoms. The summed E-state index contributed by atoms with van der Waals surface area (Å²) in [6, 6.07) is 12.8. The van der Waals surface area contributed by atoms with Gasteiger partial charge in [0.2, 0.25) is 5.88 Å². The molecule has 1 unspecified atom stereocenters. The molecule has 6 aromatic rings. The Bertz CT molecular complexity index is 2530. The first-order valence-corrected chi connectivity index (χ1v) is 20.5. The average Bonchev–Trinajstić information content (AvgIpc) is 3.55. The normalized spacial score (nSPS) is 21.1. The number of aliphatic hydroxyl groups is 1. The summed E-state index contributed by atoms with van der Waals surface area (Å²) in [6.07, 6.45) is 16.8. The van der Waals surface area contributed by atoms with Gasteiger partial charge in [-0.2, -0.15) is 0 Å². The van der Waals surface area contributed by atoms with Crippen molar-refractivity contribution in [2.45, 2.75) is 116 Å². The molecule has 0 bridgehead atoms. The number of hydrogen-bond donors (Lipinski definition) is 2. The lowest BCUT2D eigenvalue weighted by atomic mass is 9.81. The topological polar surface area (TPSA) is 82.8 Å². The number of hydrogen-bond acceptors (Lipinski definition) is 5. The van der Waals surface area contributed by atoms with Gasteiger partial charge in [0.15, 0.2) is 5.78 Å². The Hall–Kier alpha value is -4.32. The zero-order chi connectivity index (χ0) is 35.2. The summed E-state index contributed by atoms with van der Waals surface area (Å²) in [5.74, 6) is 0.883. The summed E-state index contributed by atoms with van der Waals surface area (Å²) >= 11 is 0. The maximum atomic E-state index is 14.6. The third-order valence-corrected chi connectivity index (χ3v) is 13.8. The van der Waals surface area contributed by atoms with Crippen LogP contribution in [0.4, 0.5) is 5.69 Å². The van der Waals surface area contributed by atoms with Gasteiger partial charge in [-0.1, -0.05) is 82.9 Å². The van der Waals surface area contributed by atoms with Crippen LogP contribution in [-0.2, 0) is 6.42 Å². The van der Waals surface area contributed by atoms with E-state index in [2.05, 4.69) is 42.2 Å². The number of carbonyl (C=O) groups is 1. The van der Waals surface area contributed by atoms with Gasteiger partial charge < -0.3 is 15.1 Å². The van der Waals surface area contributed by atoms with E-state index in [4.69, 9.17) is 0 Å². The number of pyridine rings is 1. The molecule has 4 aliphatic rings. The largest absolute Gasteiger partial charge is 0.511 e. The SMILES string of the molecule is CCC1CC(=O)c2cc(N3CCCC3)c3c4ccc5c(=O)n(C6CCCCC6)c(O)c6cc(CC7CCCCCC7)c(c7ccc(c2c73)=C1O)c4c65. The molecule has 0 amide bonds. The van der Waals surface area contributed by atoms with E-state index in [1.165, 1.54) is 50.5 Å². The predicted molar refractivity (Wildman–Crippen MR) is 214 cm³/mol. The minimum Gasteiger partial charge on any atom is -0.511 e. The van der Waals surface area contributed by atoms with Crippen LogP contribution in [0.1, 0.15) is 125 Å². The van der Waals surface area contributed by atoms with Gasteiger partial charge in [-0.3, -0.25) is 14.2 Å². The second-order valence-electron chi connectivity index (χ2n) is 16.8. The smallest absolute Gasteiger partial charge is 0.261 e. The van der Waals surface area contributed by atoms with E-state index in [1.54, 1.807) is 4.57 Å². The zero-order valence-corrected chi connectivity index (χ0v) is 30.5. The van der Waals surface area contributed by atoms with E-state index >= 15 is 0 Å². The Morgan fingerprint density at radius 1 is 0.673 bits per heavy atom. The highest BCUT2D eigenvalue weighted by atomic mass is 16.3. The maximum Gasteiger partial charge on any atom is 0.261 e. The summed E-state index contributed by atoms with van der Waals surface area (Å²) in [4.78, 5) is 31.3. The van der Waals surface area contributed by atoms with Crippen molar-refractivity contribution in [3.8, 4) is 5.88 Å². The minimum absolute atomic E-state index is 0.0120. The Morgan fingerprint density at radius 3 is 2.08 bits per heavy atom. The van der Waals surface area contributed by atoms with Gasteiger partial charge in [0.25, 0.3) is 5.56 Å². The molecule has 5 aromatic carbocycles. The fourth-order valence-electron chi connectivity index (χ4n) is 11.2. The first kappa shape index (κ1) is 32.3. The van der Waals surface area contributed by atoms with Crippen LogP contribution in [0.2, 0.25) is 0 Å². The summed E-state index contributed by atoms with van der Waals surface area (Å²) in [6.45, 7) is 3.92. The first-order chi connectivity index (χ1) is 25.4. The lowest BCUT2D eigenvalue weighted by Gasteiger charge is -2.28. The fourth-order valence-corrected chi connectivity index (χ4v) is 11.2. The molecular weight excluding hydrogens is 645 g/mol. The average molecular weight is 695 g/mol. The van der Waals surface area contributed by atoms with E-state index in [9.17, 15) is 19.8 Å². The number of fused-ring (bicyclic) bond motifs is 2. The molecule has 6 nitrogen and oxygen atoms in total. The van der Waals surface area contributed by atoms with Gasteiger partial charge in [-0.15, -0.1) is 0 Å². The Labute approximate surface area is 304 Å². The number of Topliss-reactive ketones (excluding diaryl/α,β-unsaturated/α-hetero) is 1. The van der Waals surface area contributed by atoms with E-state index in [-0.39, 0.29) is 29.2 Å². The molecule has 10 rings (SSSR count). The highest BCUT2D eigenvalue weighted by Gasteiger charge is 2.32. The summed E-state index contributed by atoms with van der Waals surface area (Å²) in [5.41, 5.74) is 2.94. The molecule has 268 valence electrons. The number of nitrogens with zero attached hydrogens (tertiary/aromatic N) is 2. The number of ketones is 1. The number of rotatable bonds is 5. The maximum absolute atomic E-state index is 14.6. The van der Waals surface area contributed by atoms with Crippen molar-refractivity contribution in [3.63, 3.8) is 0 Å². The van der Waals surface area contributed by atoms with Gasteiger partial charge in [0, 0.05) is 80.3 Å². The third kappa shape index (κ3) is 4.67. The van der Waals surface area contributed by atoms with Crippen LogP contribution in [0.15, 0.2) is 41.2 Å². The monoisotopic (exact) mass is 694 g/mol. The van der Waals surface area contributed by atoms with Crippen LogP contribution in [-0.4, -0.2) is 33.7 Å². The van der Waals surface area contributed by atoms with E-state index < -0.39 is 0 Å². The first-order valence-electron chi connectivity index (χ1n) is 20.5. The number of aromatic hydroxyl groups is 1. The van der Waals surface area contributed by atoms with Crippen LogP contribution in [0.25, 0.3) is 59.6 Å². The second kappa shape index (κ2) is 12.4. The summed E-state index contributed by atoms with van der Waals surface area (Å²) < 4.78 is 1.74.